The molecule has 2 aromatic rings. The fourth-order valence-electron chi connectivity index (χ4n) is 4.75. The molecule has 0 bridgehead atoms. The van der Waals surface area contributed by atoms with Gasteiger partial charge in [0.25, 0.3) is 5.91 Å². The quantitative estimate of drug-likeness (QED) is 0.655. The van der Waals surface area contributed by atoms with Crippen molar-refractivity contribution in [2.45, 2.75) is 37.6 Å². The molecule has 2 fully saturated rings. The molecule has 0 spiro atoms. The summed E-state index contributed by atoms with van der Waals surface area (Å²) in [6, 6.07) is 14.7. The Hall–Kier alpha value is -3.06. The van der Waals surface area contributed by atoms with Gasteiger partial charge in [-0.1, -0.05) is 23.7 Å². The van der Waals surface area contributed by atoms with E-state index < -0.39 is 5.54 Å². The molecule has 0 unspecified atom stereocenters. The average molecular weight is 484 g/mol. The summed E-state index contributed by atoms with van der Waals surface area (Å²) in [5, 5.41) is 3.81. The zero-order valence-electron chi connectivity index (χ0n) is 19.4. The summed E-state index contributed by atoms with van der Waals surface area (Å²) in [4.78, 5) is 41.4. The highest BCUT2D eigenvalue weighted by Crippen LogP contribution is 2.30. The van der Waals surface area contributed by atoms with E-state index >= 15 is 0 Å². The minimum atomic E-state index is -0.410. The van der Waals surface area contributed by atoms with Crippen molar-refractivity contribution in [1.82, 2.24) is 15.1 Å². The number of ether oxygens (including phenoxy) is 1. The van der Waals surface area contributed by atoms with Gasteiger partial charge in [0.2, 0.25) is 11.8 Å². The Balaban J connectivity index is 1.30. The lowest BCUT2D eigenvalue weighted by Gasteiger charge is -2.36. The van der Waals surface area contributed by atoms with Crippen LogP contribution in [0.3, 0.4) is 0 Å². The fraction of sp³-hybridized carbons (Fsp3) is 0.423. The minimum absolute atomic E-state index is 0.0343. The lowest BCUT2D eigenvalue weighted by atomic mass is 9.85. The molecule has 4 rings (SSSR count). The van der Waals surface area contributed by atoms with Crippen LogP contribution in [0.25, 0.3) is 0 Å². The Morgan fingerprint density at radius 1 is 1.00 bits per heavy atom. The molecule has 2 aromatic carbocycles. The number of hydrogen-bond donors (Lipinski definition) is 1. The minimum Gasteiger partial charge on any atom is -0.497 e. The molecule has 2 aliphatic heterocycles. The second-order valence-corrected chi connectivity index (χ2v) is 9.47. The highest BCUT2D eigenvalue weighted by molar-refractivity contribution is 6.30. The topological polar surface area (TPSA) is 79.0 Å². The summed E-state index contributed by atoms with van der Waals surface area (Å²) < 4.78 is 5.15. The molecular weight excluding hydrogens is 454 g/mol. The Labute approximate surface area is 205 Å². The maximum Gasteiger partial charge on any atom is 0.253 e. The number of carbonyl (C=O) groups is 3. The Morgan fingerprint density at radius 2 is 1.65 bits per heavy atom. The summed E-state index contributed by atoms with van der Waals surface area (Å²) in [5.74, 6) is 0.768. The predicted octanol–water partition coefficient (Wildman–Crippen LogP) is 3.30. The molecule has 2 saturated heterocycles. The third-order valence-corrected chi connectivity index (χ3v) is 7.02. The second kappa shape index (κ2) is 10.5. The van der Waals surface area contributed by atoms with Gasteiger partial charge in [-0.3, -0.25) is 14.4 Å². The first-order valence-electron chi connectivity index (χ1n) is 11.6. The number of benzene rings is 2. The summed E-state index contributed by atoms with van der Waals surface area (Å²) in [5.41, 5.74) is 1.29. The lowest BCUT2D eigenvalue weighted by molar-refractivity contribution is -0.133. The van der Waals surface area contributed by atoms with Crippen LogP contribution >= 0.6 is 11.6 Å². The van der Waals surface area contributed by atoms with Crippen molar-refractivity contribution in [2.75, 3.05) is 33.3 Å². The third kappa shape index (κ3) is 5.70. The Morgan fingerprint density at radius 3 is 2.24 bits per heavy atom. The van der Waals surface area contributed by atoms with E-state index in [-0.39, 0.29) is 17.7 Å². The van der Waals surface area contributed by atoms with Crippen LogP contribution in [0.2, 0.25) is 5.02 Å². The number of piperazine rings is 1. The number of halogens is 1. The maximum absolute atomic E-state index is 13.0. The first-order chi connectivity index (χ1) is 16.4. The molecule has 180 valence electrons. The number of nitrogens with zero attached hydrogens (tertiary/aromatic N) is 2. The van der Waals surface area contributed by atoms with Crippen molar-refractivity contribution < 1.29 is 19.1 Å². The molecule has 1 N–H and O–H groups in total. The summed E-state index contributed by atoms with van der Waals surface area (Å²) in [6.07, 6.45) is 2.82. The lowest BCUT2D eigenvalue weighted by Crippen LogP contribution is -2.51. The predicted molar refractivity (Wildman–Crippen MR) is 130 cm³/mol. The molecule has 7 nitrogen and oxygen atoms in total. The Kier molecular flexibility index (Phi) is 7.41. The number of nitrogens with one attached hydrogen (secondary N) is 1. The molecule has 0 saturated carbocycles. The van der Waals surface area contributed by atoms with E-state index in [1.165, 1.54) is 0 Å². The monoisotopic (exact) mass is 483 g/mol. The largest absolute Gasteiger partial charge is 0.497 e. The third-order valence-electron chi connectivity index (χ3n) is 6.76. The molecular formula is C26H30ClN3O4. The van der Waals surface area contributed by atoms with Gasteiger partial charge in [0, 0.05) is 55.1 Å². The van der Waals surface area contributed by atoms with Crippen molar-refractivity contribution in [2.24, 2.45) is 0 Å². The molecule has 0 radical (unpaired) electrons. The second-order valence-electron chi connectivity index (χ2n) is 9.03. The Bertz CT molecular complexity index is 1030. The van der Waals surface area contributed by atoms with E-state index in [4.69, 9.17) is 16.3 Å². The van der Waals surface area contributed by atoms with Crippen molar-refractivity contribution in [3.05, 3.63) is 64.7 Å². The normalized spacial score (nSPS) is 20.2. The van der Waals surface area contributed by atoms with Crippen LogP contribution in [0.15, 0.2) is 48.5 Å². The summed E-state index contributed by atoms with van der Waals surface area (Å²) in [6.45, 7) is 2.03. The van der Waals surface area contributed by atoms with E-state index in [2.05, 4.69) is 5.32 Å². The molecule has 2 heterocycles. The van der Waals surface area contributed by atoms with Crippen LogP contribution in [0.4, 0.5) is 0 Å². The summed E-state index contributed by atoms with van der Waals surface area (Å²) in [7, 11) is 1.59. The zero-order valence-corrected chi connectivity index (χ0v) is 20.1. The number of methoxy groups -OCH3 is 1. The van der Waals surface area contributed by atoms with E-state index in [1.54, 1.807) is 36.3 Å². The van der Waals surface area contributed by atoms with Crippen LogP contribution < -0.4 is 10.1 Å². The smallest absolute Gasteiger partial charge is 0.253 e. The zero-order chi connectivity index (χ0) is 24.1. The van der Waals surface area contributed by atoms with Gasteiger partial charge in [0.1, 0.15) is 5.75 Å². The average Bonchev–Trinajstić information content (AvgIpc) is 3.24. The molecule has 8 heteroatoms. The first kappa shape index (κ1) is 24.1. The molecule has 0 aliphatic carbocycles. The van der Waals surface area contributed by atoms with Crippen molar-refractivity contribution in [3.8, 4) is 5.75 Å². The first-order valence-corrected chi connectivity index (χ1v) is 12.0. The van der Waals surface area contributed by atoms with Crippen molar-refractivity contribution in [1.29, 1.82) is 0 Å². The standard InChI is InChI=1S/C26H30ClN3O4/c1-34-22-8-4-20(5-9-22)25(33)30-16-14-29(15-17-30)24(32)11-13-26(12-10-23(31)28-26)18-19-2-6-21(27)7-3-19/h2-9H,10-18H2,1H3,(H,28,31)/t26-/m0/s1. The fourth-order valence-corrected chi connectivity index (χ4v) is 4.88. The summed E-state index contributed by atoms with van der Waals surface area (Å²) >= 11 is 6.00. The van der Waals surface area contributed by atoms with Gasteiger partial charge in [-0.25, -0.2) is 0 Å². The van der Waals surface area contributed by atoms with Crippen LogP contribution in [0, 0.1) is 0 Å². The number of hydrogen-bond acceptors (Lipinski definition) is 4. The van der Waals surface area contributed by atoms with Gasteiger partial charge >= 0.3 is 0 Å². The number of carbonyl (C=O) groups excluding carboxylic acids is 3. The maximum atomic E-state index is 13.0. The number of rotatable bonds is 7. The highest BCUT2D eigenvalue weighted by atomic mass is 35.5. The van der Waals surface area contributed by atoms with Crippen LogP contribution in [-0.4, -0.2) is 66.3 Å². The van der Waals surface area contributed by atoms with E-state index in [0.29, 0.717) is 74.6 Å². The van der Waals surface area contributed by atoms with Gasteiger partial charge in [0.05, 0.1) is 7.11 Å². The van der Waals surface area contributed by atoms with Gasteiger partial charge in [-0.2, -0.15) is 0 Å². The van der Waals surface area contributed by atoms with Gasteiger partial charge in [-0.15, -0.1) is 0 Å². The van der Waals surface area contributed by atoms with E-state index in [1.807, 2.05) is 29.2 Å². The SMILES string of the molecule is COc1ccc(C(=O)N2CCN(C(=O)CC[C@]3(Cc4ccc(Cl)cc4)CCC(=O)N3)CC2)cc1. The highest BCUT2D eigenvalue weighted by Gasteiger charge is 2.38. The molecule has 2 aliphatic rings. The van der Waals surface area contributed by atoms with Gasteiger partial charge in [0.15, 0.2) is 0 Å². The van der Waals surface area contributed by atoms with Crippen LogP contribution in [0.5, 0.6) is 5.75 Å². The number of amides is 3. The van der Waals surface area contributed by atoms with E-state index in [9.17, 15) is 14.4 Å². The van der Waals surface area contributed by atoms with Crippen LogP contribution in [0.1, 0.15) is 41.6 Å². The molecule has 0 aromatic heterocycles. The molecule has 34 heavy (non-hydrogen) atoms. The van der Waals surface area contributed by atoms with Crippen molar-refractivity contribution in [3.63, 3.8) is 0 Å². The van der Waals surface area contributed by atoms with Crippen LogP contribution in [-0.2, 0) is 16.0 Å². The van der Waals surface area contributed by atoms with E-state index in [0.717, 1.165) is 5.56 Å². The van der Waals surface area contributed by atoms with Gasteiger partial charge < -0.3 is 19.9 Å². The molecule has 3 amide bonds. The molecule has 1 atom stereocenters. The van der Waals surface area contributed by atoms with Gasteiger partial charge in [-0.05, 0) is 61.2 Å². The van der Waals surface area contributed by atoms with Crippen molar-refractivity contribution >= 4 is 29.3 Å².